The second-order valence-corrected chi connectivity index (χ2v) is 6.26. The van der Waals surface area contributed by atoms with Gasteiger partial charge < -0.3 is 15.2 Å². The number of rotatable bonds is 1. The van der Waals surface area contributed by atoms with E-state index in [-0.39, 0.29) is 5.95 Å². The fourth-order valence-corrected chi connectivity index (χ4v) is 3.69. The SMILES string of the molecule is COC(=O)n1ccc2nc(N)nc(-c3c(Cl)cc(Cl)c4c3CCO4)c21. The van der Waals surface area contributed by atoms with Crippen LogP contribution in [0, 0.1) is 0 Å². The van der Waals surface area contributed by atoms with E-state index in [4.69, 9.17) is 38.4 Å². The Morgan fingerprint density at radius 3 is 2.92 bits per heavy atom. The molecule has 3 heterocycles. The van der Waals surface area contributed by atoms with Crippen molar-refractivity contribution in [3.63, 3.8) is 0 Å². The van der Waals surface area contributed by atoms with E-state index in [2.05, 4.69) is 9.97 Å². The van der Waals surface area contributed by atoms with Crippen molar-refractivity contribution in [2.45, 2.75) is 6.42 Å². The van der Waals surface area contributed by atoms with Gasteiger partial charge in [-0.05, 0) is 12.1 Å². The number of nitrogens with two attached hydrogens (primary N) is 1. The molecule has 0 amide bonds. The van der Waals surface area contributed by atoms with Crippen LogP contribution < -0.4 is 10.5 Å². The van der Waals surface area contributed by atoms with Crippen LogP contribution in [0.2, 0.25) is 10.0 Å². The molecule has 0 bridgehead atoms. The zero-order chi connectivity index (χ0) is 17.7. The smallest absolute Gasteiger partial charge is 0.418 e. The van der Waals surface area contributed by atoms with Gasteiger partial charge in [-0.15, -0.1) is 0 Å². The third-order valence-electron chi connectivity index (χ3n) is 4.04. The number of hydrogen-bond donors (Lipinski definition) is 1. The minimum absolute atomic E-state index is 0.0730. The highest BCUT2D eigenvalue weighted by Crippen LogP contribution is 2.45. The maximum absolute atomic E-state index is 12.1. The zero-order valence-corrected chi connectivity index (χ0v) is 14.6. The fourth-order valence-electron chi connectivity index (χ4n) is 3.04. The third-order valence-corrected chi connectivity index (χ3v) is 4.62. The molecule has 0 saturated carbocycles. The van der Waals surface area contributed by atoms with Gasteiger partial charge in [0, 0.05) is 23.7 Å². The largest absolute Gasteiger partial charge is 0.491 e. The molecule has 4 rings (SSSR count). The van der Waals surface area contributed by atoms with E-state index in [1.807, 2.05) is 0 Å². The summed E-state index contributed by atoms with van der Waals surface area (Å²) in [5, 5.41) is 0.828. The van der Waals surface area contributed by atoms with Gasteiger partial charge in [0.25, 0.3) is 0 Å². The molecular weight excluding hydrogens is 367 g/mol. The van der Waals surface area contributed by atoms with Crippen LogP contribution in [0.15, 0.2) is 18.3 Å². The Labute approximate surface area is 152 Å². The van der Waals surface area contributed by atoms with Gasteiger partial charge in [-0.1, -0.05) is 23.2 Å². The summed E-state index contributed by atoms with van der Waals surface area (Å²) >= 11 is 12.7. The first kappa shape index (κ1) is 16.0. The number of halogens is 2. The molecule has 1 aliphatic heterocycles. The predicted molar refractivity (Wildman–Crippen MR) is 94.4 cm³/mol. The molecular formula is C16H12Cl2N4O3. The molecule has 25 heavy (non-hydrogen) atoms. The molecule has 0 saturated heterocycles. The van der Waals surface area contributed by atoms with Crippen LogP contribution in [0.4, 0.5) is 10.7 Å². The van der Waals surface area contributed by atoms with Crippen molar-refractivity contribution in [2.24, 2.45) is 0 Å². The Bertz CT molecular complexity index is 1030. The average molecular weight is 379 g/mol. The van der Waals surface area contributed by atoms with Crippen molar-refractivity contribution in [3.05, 3.63) is 33.9 Å². The Morgan fingerprint density at radius 2 is 2.16 bits per heavy atom. The van der Waals surface area contributed by atoms with E-state index in [1.165, 1.54) is 11.7 Å². The van der Waals surface area contributed by atoms with Crippen molar-refractivity contribution >= 4 is 46.3 Å². The topological polar surface area (TPSA) is 92.3 Å². The number of hydrogen-bond acceptors (Lipinski definition) is 6. The van der Waals surface area contributed by atoms with E-state index < -0.39 is 6.09 Å². The standard InChI is InChI=1S/C16H12Cl2N4O3/c1-24-16(23)22-4-2-10-13(22)12(21-15(19)20-10)11-7-3-5-25-14(7)9(18)6-8(11)17/h2,4,6H,3,5H2,1H3,(H2,19,20,21). The van der Waals surface area contributed by atoms with E-state index in [0.29, 0.717) is 51.1 Å². The second kappa shape index (κ2) is 5.79. The Morgan fingerprint density at radius 1 is 1.36 bits per heavy atom. The number of nitrogens with zero attached hydrogens (tertiary/aromatic N) is 3. The minimum atomic E-state index is -0.567. The summed E-state index contributed by atoms with van der Waals surface area (Å²) in [7, 11) is 1.30. The van der Waals surface area contributed by atoms with Crippen LogP contribution in [0.5, 0.6) is 5.75 Å². The van der Waals surface area contributed by atoms with Crippen molar-refractivity contribution in [1.82, 2.24) is 14.5 Å². The van der Waals surface area contributed by atoms with Crippen LogP contribution in [0.3, 0.4) is 0 Å². The number of carbonyl (C=O) groups is 1. The molecule has 0 spiro atoms. The van der Waals surface area contributed by atoms with E-state index in [9.17, 15) is 4.79 Å². The summed E-state index contributed by atoms with van der Waals surface area (Å²) in [4.78, 5) is 20.6. The van der Waals surface area contributed by atoms with Gasteiger partial charge in [-0.3, -0.25) is 0 Å². The minimum Gasteiger partial charge on any atom is -0.491 e. The number of anilines is 1. The molecule has 1 aliphatic rings. The summed E-state index contributed by atoms with van der Waals surface area (Å²) in [6.07, 6.45) is 1.60. The maximum Gasteiger partial charge on any atom is 0.418 e. The average Bonchev–Trinajstić information content (AvgIpc) is 3.20. The van der Waals surface area contributed by atoms with Crippen molar-refractivity contribution < 1.29 is 14.3 Å². The normalized spacial score (nSPS) is 12.9. The summed E-state index contributed by atoms with van der Waals surface area (Å²) in [6, 6.07) is 3.26. The highest BCUT2D eigenvalue weighted by molar-refractivity contribution is 6.38. The van der Waals surface area contributed by atoms with Gasteiger partial charge in [0.15, 0.2) is 0 Å². The van der Waals surface area contributed by atoms with Gasteiger partial charge in [-0.25, -0.2) is 19.3 Å². The van der Waals surface area contributed by atoms with Gasteiger partial charge >= 0.3 is 6.09 Å². The number of fused-ring (bicyclic) bond motifs is 2. The number of ether oxygens (including phenoxy) is 2. The van der Waals surface area contributed by atoms with E-state index in [1.54, 1.807) is 18.3 Å². The molecule has 9 heteroatoms. The van der Waals surface area contributed by atoms with Gasteiger partial charge in [0.2, 0.25) is 5.95 Å². The summed E-state index contributed by atoms with van der Waals surface area (Å²) in [5.74, 6) is 0.645. The van der Waals surface area contributed by atoms with Gasteiger partial charge in [-0.2, -0.15) is 0 Å². The molecule has 128 valence electrons. The Hall–Kier alpha value is -2.51. The third kappa shape index (κ3) is 2.39. The van der Waals surface area contributed by atoms with Gasteiger partial charge in [0.1, 0.15) is 17.0 Å². The quantitative estimate of drug-likeness (QED) is 0.695. The maximum atomic E-state index is 12.1. The van der Waals surface area contributed by atoms with Crippen LogP contribution in [0.25, 0.3) is 22.3 Å². The summed E-state index contributed by atoms with van der Waals surface area (Å²) in [6.45, 7) is 0.490. The summed E-state index contributed by atoms with van der Waals surface area (Å²) in [5.41, 5.74) is 8.71. The van der Waals surface area contributed by atoms with Crippen LogP contribution in [0.1, 0.15) is 5.56 Å². The molecule has 3 aromatic rings. The van der Waals surface area contributed by atoms with Gasteiger partial charge in [0.05, 0.1) is 29.3 Å². The van der Waals surface area contributed by atoms with E-state index >= 15 is 0 Å². The molecule has 1 aromatic carbocycles. The predicted octanol–water partition coefficient (Wildman–Crippen LogP) is 3.54. The lowest BCUT2D eigenvalue weighted by Gasteiger charge is -2.13. The van der Waals surface area contributed by atoms with Crippen LogP contribution in [-0.2, 0) is 11.2 Å². The number of aromatic nitrogens is 3. The molecule has 0 radical (unpaired) electrons. The molecule has 0 fully saturated rings. The lowest BCUT2D eigenvalue weighted by atomic mass is 10.0. The zero-order valence-electron chi connectivity index (χ0n) is 13.0. The molecule has 0 atom stereocenters. The van der Waals surface area contributed by atoms with Crippen molar-refractivity contribution in [2.75, 3.05) is 19.5 Å². The first-order valence-electron chi connectivity index (χ1n) is 7.38. The van der Waals surface area contributed by atoms with E-state index in [0.717, 1.165) is 5.56 Å². The Balaban J connectivity index is 2.11. The highest BCUT2D eigenvalue weighted by Gasteiger charge is 2.27. The van der Waals surface area contributed by atoms with Crippen molar-refractivity contribution in [1.29, 1.82) is 0 Å². The number of carbonyl (C=O) groups excluding carboxylic acids is 1. The Kier molecular flexibility index (Phi) is 3.70. The summed E-state index contributed by atoms with van der Waals surface area (Å²) < 4.78 is 11.7. The first-order valence-corrected chi connectivity index (χ1v) is 8.13. The molecule has 2 aromatic heterocycles. The monoisotopic (exact) mass is 378 g/mol. The fraction of sp³-hybridized carbons (Fsp3) is 0.188. The second-order valence-electron chi connectivity index (χ2n) is 5.44. The number of methoxy groups -OCH3 is 1. The van der Waals surface area contributed by atoms with Crippen molar-refractivity contribution in [3.8, 4) is 17.0 Å². The molecule has 2 N–H and O–H groups in total. The lowest BCUT2D eigenvalue weighted by Crippen LogP contribution is -2.11. The number of benzene rings is 1. The van der Waals surface area contributed by atoms with Crippen LogP contribution >= 0.6 is 23.2 Å². The highest BCUT2D eigenvalue weighted by atomic mass is 35.5. The molecule has 7 nitrogen and oxygen atoms in total. The number of nitrogen functional groups attached to an aromatic ring is 1. The molecule has 0 aliphatic carbocycles. The lowest BCUT2D eigenvalue weighted by molar-refractivity contribution is 0.174. The first-order chi connectivity index (χ1) is 12.0. The molecule has 0 unspecified atom stereocenters. The van der Waals surface area contributed by atoms with Crippen LogP contribution in [-0.4, -0.2) is 34.3 Å².